The van der Waals surface area contributed by atoms with E-state index in [1.165, 1.54) is 18.3 Å². The predicted molar refractivity (Wildman–Crippen MR) is 52.9 cm³/mol. The Labute approximate surface area is 86.7 Å². The van der Waals surface area contributed by atoms with Crippen LogP contribution in [0.2, 0.25) is 0 Å². The van der Waals surface area contributed by atoms with E-state index in [4.69, 9.17) is 5.11 Å². The van der Waals surface area contributed by atoms with E-state index in [1.54, 1.807) is 0 Å². The monoisotopic (exact) mass is 257 g/mol. The fraction of sp³-hybridized carbons (Fsp3) is 0. The van der Waals surface area contributed by atoms with Gasteiger partial charge in [0.05, 0.1) is 15.6 Å². The van der Waals surface area contributed by atoms with Gasteiger partial charge >= 0.3 is 5.97 Å². The Morgan fingerprint density at radius 1 is 1.50 bits per heavy atom. The van der Waals surface area contributed by atoms with Crippen molar-refractivity contribution in [1.82, 2.24) is 4.98 Å². The van der Waals surface area contributed by atoms with Crippen molar-refractivity contribution in [2.45, 2.75) is 0 Å². The second-order valence-corrected chi connectivity index (χ2v) is 3.58. The number of hydrogen-bond acceptors (Lipinski definition) is 1. The van der Waals surface area contributed by atoms with Gasteiger partial charge in [0.1, 0.15) is 5.82 Å². The van der Waals surface area contributed by atoms with Gasteiger partial charge in [0.25, 0.3) is 0 Å². The molecule has 72 valence electrons. The second-order valence-electron chi connectivity index (χ2n) is 2.79. The van der Waals surface area contributed by atoms with Gasteiger partial charge in [-0.3, -0.25) is 0 Å². The number of carboxylic acid groups (broad SMARTS) is 1. The highest BCUT2D eigenvalue weighted by molar-refractivity contribution is 9.10. The predicted octanol–water partition coefficient (Wildman–Crippen LogP) is 2.77. The van der Waals surface area contributed by atoms with Crippen LogP contribution < -0.4 is 0 Å². The highest BCUT2D eigenvalue weighted by Crippen LogP contribution is 2.28. The first-order chi connectivity index (χ1) is 6.61. The lowest BCUT2D eigenvalue weighted by Gasteiger charge is -1.96. The van der Waals surface area contributed by atoms with Crippen molar-refractivity contribution in [3.8, 4) is 0 Å². The van der Waals surface area contributed by atoms with Crippen LogP contribution in [0.15, 0.2) is 22.8 Å². The maximum atomic E-state index is 13.0. The molecule has 5 heteroatoms. The number of benzene rings is 1. The number of nitrogens with one attached hydrogen (secondary N) is 1. The quantitative estimate of drug-likeness (QED) is 0.826. The van der Waals surface area contributed by atoms with Gasteiger partial charge in [0.2, 0.25) is 0 Å². The molecule has 0 aliphatic heterocycles. The number of carbonyl (C=O) groups is 1. The van der Waals surface area contributed by atoms with Crippen molar-refractivity contribution in [3.63, 3.8) is 0 Å². The summed E-state index contributed by atoms with van der Waals surface area (Å²) in [5.41, 5.74) is 0.600. The van der Waals surface area contributed by atoms with E-state index >= 15 is 0 Å². The summed E-state index contributed by atoms with van der Waals surface area (Å²) >= 11 is 3.04. The minimum atomic E-state index is -1.03. The maximum Gasteiger partial charge on any atom is 0.337 e. The van der Waals surface area contributed by atoms with Crippen LogP contribution in [0.1, 0.15) is 10.4 Å². The molecule has 0 atom stereocenters. The van der Waals surface area contributed by atoms with E-state index in [2.05, 4.69) is 20.9 Å². The molecule has 1 aromatic heterocycles. The normalized spacial score (nSPS) is 10.7. The number of aromatic carboxylic acids is 1. The smallest absolute Gasteiger partial charge is 0.337 e. The van der Waals surface area contributed by atoms with Gasteiger partial charge in [-0.05, 0) is 28.1 Å². The molecule has 1 aromatic carbocycles. The van der Waals surface area contributed by atoms with Crippen LogP contribution in [0.3, 0.4) is 0 Å². The molecule has 0 bridgehead atoms. The Kier molecular flexibility index (Phi) is 2.03. The van der Waals surface area contributed by atoms with Gasteiger partial charge in [-0.15, -0.1) is 0 Å². The first-order valence-corrected chi connectivity index (χ1v) is 4.59. The molecule has 0 aliphatic carbocycles. The molecule has 2 rings (SSSR count). The minimum Gasteiger partial charge on any atom is -0.478 e. The van der Waals surface area contributed by atoms with Crippen molar-refractivity contribution >= 4 is 32.8 Å². The molecule has 0 unspecified atom stereocenters. The number of fused-ring (bicyclic) bond motifs is 1. The Morgan fingerprint density at radius 3 is 2.86 bits per heavy atom. The van der Waals surface area contributed by atoms with E-state index in [1.807, 2.05) is 0 Å². The van der Waals surface area contributed by atoms with Gasteiger partial charge < -0.3 is 10.1 Å². The number of rotatable bonds is 1. The van der Waals surface area contributed by atoms with E-state index in [0.29, 0.717) is 10.9 Å². The van der Waals surface area contributed by atoms with E-state index < -0.39 is 11.8 Å². The highest BCUT2D eigenvalue weighted by Gasteiger charge is 2.13. The zero-order valence-electron chi connectivity index (χ0n) is 6.84. The zero-order valence-corrected chi connectivity index (χ0v) is 8.43. The summed E-state index contributed by atoms with van der Waals surface area (Å²) in [4.78, 5) is 13.5. The SMILES string of the molecule is O=C(O)c1c[nH]c2c(Br)c(F)ccc12. The lowest BCUT2D eigenvalue weighted by Crippen LogP contribution is -1.93. The van der Waals surface area contributed by atoms with Gasteiger partial charge in [0, 0.05) is 11.6 Å². The summed E-state index contributed by atoms with van der Waals surface area (Å²) in [6.07, 6.45) is 1.34. The van der Waals surface area contributed by atoms with Gasteiger partial charge in [-0.2, -0.15) is 0 Å². The fourth-order valence-corrected chi connectivity index (χ4v) is 1.78. The average Bonchev–Trinajstić information content (AvgIpc) is 2.55. The van der Waals surface area contributed by atoms with Crippen LogP contribution in [0.25, 0.3) is 10.9 Å². The van der Waals surface area contributed by atoms with E-state index in [9.17, 15) is 9.18 Å². The summed E-state index contributed by atoms with van der Waals surface area (Å²) in [6, 6.07) is 2.67. The number of aromatic nitrogens is 1. The number of halogens is 2. The Hall–Kier alpha value is -1.36. The summed E-state index contributed by atoms with van der Waals surface area (Å²) in [5.74, 6) is -1.45. The number of aromatic amines is 1. The molecule has 1 heterocycles. The Bertz CT molecular complexity index is 521. The van der Waals surface area contributed by atoms with Crippen LogP contribution in [-0.4, -0.2) is 16.1 Å². The van der Waals surface area contributed by atoms with Crippen LogP contribution in [-0.2, 0) is 0 Å². The first kappa shape index (κ1) is 9.21. The fourth-order valence-electron chi connectivity index (χ4n) is 1.32. The molecular weight excluding hydrogens is 253 g/mol. The first-order valence-electron chi connectivity index (χ1n) is 3.79. The highest BCUT2D eigenvalue weighted by atomic mass is 79.9. The molecule has 0 amide bonds. The summed E-state index contributed by atoms with van der Waals surface area (Å²) < 4.78 is 13.3. The van der Waals surface area contributed by atoms with Crippen molar-refractivity contribution in [2.24, 2.45) is 0 Å². The average molecular weight is 258 g/mol. The second kappa shape index (κ2) is 3.09. The van der Waals surface area contributed by atoms with Gasteiger partial charge in [0.15, 0.2) is 0 Å². The molecule has 0 spiro atoms. The molecule has 0 saturated heterocycles. The Balaban J connectivity index is 2.83. The standard InChI is InChI=1S/C9H5BrFNO2/c10-7-6(11)2-1-4-5(9(13)14)3-12-8(4)7/h1-3,12H,(H,13,14). The molecule has 0 saturated carbocycles. The summed E-state index contributed by atoms with van der Waals surface area (Å²) in [6.45, 7) is 0. The topological polar surface area (TPSA) is 53.1 Å². The van der Waals surface area contributed by atoms with Crippen LogP contribution in [0.5, 0.6) is 0 Å². The molecular formula is C9H5BrFNO2. The van der Waals surface area contributed by atoms with Crippen LogP contribution in [0, 0.1) is 5.82 Å². The number of hydrogen-bond donors (Lipinski definition) is 2. The lowest BCUT2D eigenvalue weighted by molar-refractivity contribution is 0.0699. The third-order valence-electron chi connectivity index (χ3n) is 1.98. The van der Waals surface area contributed by atoms with Crippen LogP contribution >= 0.6 is 15.9 Å². The van der Waals surface area contributed by atoms with Crippen molar-refractivity contribution < 1.29 is 14.3 Å². The minimum absolute atomic E-state index is 0.140. The maximum absolute atomic E-state index is 13.0. The van der Waals surface area contributed by atoms with Gasteiger partial charge in [-0.1, -0.05) is 0 Å². The molecule has 2 aromatic rings. The van der Waals surface area contributed by atoms with Crippen molar-refractivity contribution in [1.29, 1.82) is 0 Å². The Morgan fingerprint density at radius 2 is 2.21 bits per heavy atom. The third-order valence-corrected chi connectivity index (χ3v) is 2.75. The molecule has 0 aliphatic rings. The summed E-state index contributed by atoms with van der Waals surface area (Å²) in [7, 11) is 0. The van der Waals surface area contributed by atoms with Crippen LogP contribution in [0.4, 0.5) is 4.39 Å². The van der Waals surface area contributed by atoms with E-state index in [0.717, 1.165) is 0 Å². The number of carboxylic acids is 1. The van der Waals surface area contributed by atoms with E-state index in [-0.39, 0.29) is 10.0 Å². The van der Waals surface area contributed by atoms with Crippen molar-refractivity contribution in [3.05, 3.63) is 34.2 Å². The van der Waals surface area contributed by atoms with Gasteiger partial charge in [-0.25, -0.2) is 9.18 Å². The molecule has 0 fully saturated rings. The van der Waals surface area contributed by atoms with Crippen molar-refractivity contribution in [2.75, 3.05) is 0 Å². The molecule has 3 nitrogen and oxygen atoms in total. The summed E-state index contributed by atoms with van der Waals surface area (Å²) in [5, 5.41) is 9.29. The largest absolute Gasteiger partial charge is 0.478 e. The molecule has 0 radical (unpaired) electrons. The number of H-pyrrole nitrogens is 1. The molecule has 2 N–H and O–H groups in total. The lowest BCUT2D eigenvalue weighted by atomic mass is 10.2. The molecule has 14 heavy (non-hydrogen) atoms. The third kappa shape index (κ3) is 1.21. The zero-order chi connectivity index (χ0) is 10.3.